The van der Waals surface area contributed by atoms with Crippen molar-refractivity contribution in [3.63, 3.8) is 0 Å². The fourth-order valence-electron chi connectivity index (χ4n) is 4.73. The van der Waals surface area contributed by atoms with Crippen LogP contribution in [-0.4, -0.2) is 45.8 Å². The minimum atomic E-state index is -1.20. The van der Waals surface area contributed by atoms with Crippen LogP contribution in [0, 0.1) is 0 Å². The molecule has 0 saturated carbocycles. The molecule has 4 amide bonds. The second kappa shape index (κ2) is 9.27. The highest BCUT2D eigenvalue weighted by molar-refractivity contribution is 6.35. The number of fused-ring (bicyclic) bond motifs is 2. The molecule has 41 heavy (non-hydrogen) atoms. The molecule has 0 radical (unpaired) electrons. The highest BCUT2D eigenvalue weighted by Crippen LogP contribution is 2.35. The van der Waals surface area contributed by atoms with Crippen molar-refractivity contribution in [3.05, 3.63) is 118 Å². The number of rotatable bonds is 6. The Labute approximate surface area is 230 Å². The van der Waals surface area contributed by atoms with E-state index in [0.717, 1.165) is 9.80 Å². The molecule has 0 bridgehead atoms. The number of carbonyl (C=O) groups excluding carboxylic acids is 4. The van der Waals surface area contributed by atoms with E-state index in [1.807, 2.05) is 0 Å². The summed E-state index contributed by atoms with van der Waals surface area (Å²) in [6.45, 7) is 0. The first-order valence-corrected chi connectivity index (χ1v) is 12.0. The summed E-state index contributed by atoms with van der Waals surface area (Å²) in [5.41, 5.74) is 0.365. The normalized spacial score (nSPS) is 13.9. The Morgan fingerprint density at radius 2 is 0.902 bits per heavy atom. The Hall–Kier alpha value is -6.10. The third kappa shape index (κ3) is 4.08. The summed E-state index contributed by atoms with van der Waals surface area (Å²) in [6, 6.07) is 19.4. The van der Waals surface area contributed by atoms with Crippen molar-refractivity contribution in [2.45, 2.75) is 0 Å². The van der Waals surface area contributed by atoms with Crippen molar-refractivity contribution in [2.75, 3.05) is 9.80 Å². The first-order valence-electron chi connectivity index (χ1n) is 12.0. The van der Waals surface area contributed by atoms with Gasteiger partial charge in [-0.2, -0.15) is 0 Å². The summed E-state index contributed by atoms with van der Waals surface area (Å²) in [5.74, 6) is -4.61. The number of ether oxygens (including phenoxy) is 1. The largest absolute Gasteiger partial charge is 0.478 e. The van der Waals surface area contributed by atoms with Crippen molar-refractivity contribution >= 4 is 46.9 Å². The molecule has 0 unspecified atom stereocenters. The van der Waals surface area contributed by atoms with Gasteiger partial charge < -0.3 is 14.9 Å². The van der Waals surface area contributed by atoms with E-state index in [4.69, 9.17) is 4.74 Å². The van der Waals surface area contributed by atoms with E-state index in [9.17, 15) is 39.0 Å². The van der Waals surface area contributed by atoms with Gasteiger partial charge in [-0.1, -0.05) is 12.1 Å². The monoisotopic (exact) mass is 548 g/mol. The van der Waals surface area contributed by atoms with Gasteiger partial charge in [-0.3, -0.25) is 19.2 Å². The molecule has 2 aliphatic heterocycles. The van der Waals surface area contributed by atoms with Gasteiger partial charge in [0.2, 0.25) is 0 Å². The zero-order valence-corrected chi connectivity index (χ0v) is 20.7. The van der Waals surface area contributed by atoms with Crippen LogP contribution in [0.3, 0.4) is 0 Å². The first-order chi connectivity index (χ1) is 19.6. The van der Waals surface area contributed by atoms with Gasteiger partial charge in [0.15, 0.2) is 0 Å². The molecule has 2 aliphatic rings. The van der Waals surface area contributed by atoms with Gasteiger partial charge in [-0.25, -0.2) is 19.4 Å². The predicted octanol–water partition coefficient (Wildman–Crippen LogP) is 4.48. The van der Waals surface area contributed by atoms with Crippen LogP contribution >= 0.6 is 0 Å². The maximum Gasteiger partial charge on any atom is 0.335 e. The molecule has 0 aliphatic carbocycles. The molecule has 11 heteroatoms. The lowest BCUT2D eigenvalue weighted by atomic mass is 10.1. The predicted molar refractivity (Wildman–Crippen MR) is 142 cm³/mol. The molecular formula is C30H16N2O9. The van der Waals surface area contributed by atoms with Gasteiger partial charge in [0.25, 0.3) is 23.6 Å². The van der Waals surface area contributed by atoms with Gasteiger partial charge in [0.05, 0.1) is 44.8 Å². The molecule has 0 fully saturated rings. The minimum absolute atomic E-state index is 0.0464. The van der Waals surface area contributed by atoms with E-state index in [-0.39, 0.29) is 56.3 Å². The van der Waals surface area contributed by atoms with Gasteiger partial charge in [0.1, 0.15) is 11.5 Å². The molecule has 2 heterocycles. The van der Waals surface area contributed by atoms with Crippen LogP contribution < -0.4 is 14.5 Å². The van der Waals surface area contributed by atoms with Gasteiger partial charge in [0, 0.05) is 0 Å². The fraction of sp³-hybridized carbons (Fsp3) is 0. The number of carboxylic acids is 2. The topological polar surface area (TPSA) is 159 Å². The maximum absolute atomic E-state index is 13.1. The number of amides is 4. The smallest absolute Gasteiger partial charge is 0.335 e. The van der Waals surface area contributed by atoms with Crippen LogP contribution in [-0.2, 0) is 0 Å². The molecule has 0 saturated heterocycles. The number of hydrogen-bond donors (Lipinski definition) is 2. The summed E-state index contributed by atoms with van der Waals surface area (Å²) in [7, 11) is 0. The van der Waals surface area contributed by atoms with Crippen molar-refractivity contribution in [3.8, 4) is 11.5 Å². The molecule has 4 aromatic carbocycles. The Kier molecular flexibility index (Phi) is 5.70. The maximum atomic E-state index is 13.1. The third-order valence-corrected chi connectivity index (χ3v) is 6.65. The average Bonchev–Trinajstić information content (AvgIpc) is 3.36. The summed E-state index contributed by atoms with van der Waals surface area (Å²) in [4.78, 5) is 76.7. The summed E-state index contributed by atoms with van der Waals surface area (Å²) < 4.78 is 5.86. The van der Waals surface area contributed by atoms with E-state index in [2.05, 4.69) is 0 Å². The van der Waals surface area contributed by atoms with E-state index in [1.165, 1.54) is 84.9 Å². The second-order valence-electron chi connectivity index (χ2n) is 9.12. The quantitative estimate of drug-likeness (QED) is 0.331. The standard InChI is InChI=1S/C30H16N2O9/c33-25-21-9-7-19(13-23(21)27(35)31(25)17-5-1-3-15(11-17)29(37)38)41-20-8-10-22-24(14-20)28(36)32(26(22)34)18-6-2-4-16(12-18)30(39)40/h1-14H,(H,37,38)(H,39,40). The number of hydrogen-bond acceptors (Lipinski definition) is 7. The lowest BCUT2D eigenvalue weighted by Crippen LogP contribution is -2.29. The lowest BCUT2D eigenvalue weighted by molar-refractivity contribution is 0.0686. The highest BCUT2D eigenvalue weighted by Gasteiger charge is 2.39. The summed E-state index contributed by atoms with van der Waals surface area (Å²) >= 11 is 0. The Morgan fingerprint density at radius 1 is 0.512 bits per heavy atom. The lowest BCUT2D eigenvalue weighted by Gasteiger charge is -2.14. The number of benzene rings is 4. The summed E-state index contributed by atoms with van der Waals surface area (Å²) in [5, 5.41) is 18.5. The van der Waals surface area contributed by atoms with Crippen molar-refractivity contribution < 1.29 is 43.7 Å². The first kappa shape index (κ1) is 25.2. The highest BCUT2D eigenvalue weighted by atomic mass is 16.5. The number of carbonyl (C=O) groups is 6. The van der Waals surface area contributed by atoms with Crippen molar-refractivity contribution in [2.24, 2.45) is 0 Å². The van der Waals surface area contributed by atoms with Crippen LogP contribution in [0.1, 0.15) is 62.1 Å². The SMILES string of the molecule is O=C(O)c1cccc(N2C(=O)c3ccc(Oc4ccc5c(c4)C(=O)N(c4cccc(C(=O)O)c4)C5=O)cc3C2=O)c1. The van der Waals surface area contributed by atoms with Crippen LogP contribution in [0.2, 0.25) is 0 Å². The zero-order chi connectivity index (χ0) is 29.0. The zero-order valence-electron chi connectivity index (χ0n) is 20.7. The molecule has 11 nitrogen and oxygen atoms in total. The molecule has 0 aromatic heterocycles. The van der Waals surface area contributed by atoms with E-state index in [1.54, 1.807) is 0 Å². The van der Waals surface area contributed by atoms with Gasteiger partial charge in [-0.15, -0.1) is 0 Å². The van der Waals surface area contributed by atoms with E-state index >= 15 is 0 Å². The molecule has 200 valence electrons. The van der Waals surface area contributed by atoms with E-state index < -0.39 is 35.6 Å². The number of aromatic carboxylic acids is 2. The van der Waals surface area contributed by atoms with Crippen LogP contribution in [0.25, 0.3) is 0 Å². The minimum Gasteiger partial charge on any atom is -0.478 e. The number of nitrogens with zero attached hydrogens (tertiary/aromatic N) is 2. The van der Waals surface area contributed by atoms with Crippen molar-refractivity contribution in [1.82, 2.24) is 0 Å². The molecule has 0 spiro atoms. The Balaban J connectivity index is 1.27. The van der Waals surface area contributed by atoms with Crippen LogP contribution in [0.4, 0.5) is 11.4 Å². The van der Waals surface area contributed by atoms with Crippen molar-refractivity contribution in [1.29, 1.82) is 0 Å². The summed E-state index contributed by atoms with van der Waals surface area (Å²) in [6.07, 6.45) is 0. The number of imide groups is 2. The Morgan fingerprint density at radius 3 is 1.29 bits per heavy atom. The molecule has 6 rings (SSSR count). The fourth-order valence-corrected chi connectivity index (χ4v) is 4.73. The number of carboxylic acid groups (broad SMARTS) is 2. The van der Waals surface area contributed by atoms with Crippen LogP contribution in [0.5, 0.6) is 11.5 Å². The molecule has 0 atom stereocenters. The molecular weight excluding hydrogens is 532 g/mol. The van der Waals surface area contributed by atoms with Gasteiger partial charge >= 0.3 is 11.9 Å². The second-order valence-corrected chi connectivity index (χ2v) is 9.12. The molecule has 2 N–H and O–H groups in total. The molecule has 4 aromatic rings. The van der Waals surface area contributed by atoms with Crippen LogP contribution in [0.15, 0.2) is 84.9 Å². The van der Waals surface area contributed by atoms with Gasteiger partial charge in [-0.05, 0) is 72.8 Å². The third-order valence-electron chi connectivity index (χ3n) is 6.65. The Bertz CT molecular complexity index is 1740. The average molecular weight is 548 g/mol. The number of anilines is 2. The van der Waals surface area contributed by atoms with E-state index in [0.29, 0.717) is 0 Å².